The smallest absolute Gasteiger partial charge is 0.249 e. The van der Waals surface area contributed by atoms with Crippen molar-refractivity contribution >= 4 is 17.5 Å². The van der Waals surface area contributed by atoms with Crippen LogP contribution < -0.4 is 10.6 Å². The molecule has 0 aliphatic rings. The molecule has 19 heavy (non-hydrogen) atoms. The van der Waals surface area contributed by atoms with Crippen molar-refractivity contribution < 1.29 is 0 Å². The summed E-state index contributed by atoms with van der Waals surface area (Å²) in [6, 6.07) is 8.14. The summed E-state index contributed by atoms with van der Waals surface area (Å²) in [6.07, 6.45) is 3.64. The average Bonchev–Trinajstić information content (AvgIpc) is 2.46. The zero-order valence-corrected chi connectivity index (χ0v) is 11.3. The summed E-state index contributed by atoms with van der Waals surface area (Å²) in [4.78, 5) is 4.39. The lowest BCUT2D eigenvalue weighted by molar-refractivity contribution is 0.934. The lowest BCUT2D eigenvalue weighted by atomic mass is 10.1. The van der Waals surface area contributed by atoms with Gasteiger partial charge in [0.05, 0.1) is 6.20 Å². The fraction of sp³-hybridized carbons (Fsp3) is 0.357. The number of aromatic nitrogens is 3. The molecule has 0 unspecified atom stereocenters. The molecule has 0 aliphatic heterocycles. The summed E-state index contributed by atoms with van der Waals surface area (Å²) >= 11 is 0. The van der Waals surface area contributed by atoms with Crippen LogP contribution in [-0.4, -0.2) is 21.7 Å². The van der Waals surface area contributed by atoms with E-state index in [0.29, 0.717) is 5.95 Å². The predicted octanol–water partition coefficient (Wildman–Crippen LogP) is 3.00. The lowest BCUT2D eigenvalue weighted by Crippen LogP contribution is -2.06. The van der Waals surface area contributed by atoms with Crippen molar-refractivity contribution in [2.75, 3.05) is 17.2 Å². The first kappa shape index (κ1) is 13.3. The molecule has 1 heterocycles. The lowest BCUT2D eigenvalue weighted by Gasteiger charge is -2.10. The quantitative estimate of drug-likeness (QED) is 0.833. The van der Waals surface area contributed by atoms with Gasteiger partial charge in [-0.3, -0.25) is 0 Å². The second-order valence-electron chi connectivity index (χ2n) is 4.23. The number of hydrogen-bond acceptors (Lipinski definition) is 5. The molecule has 5 nitrogen and oxygen atoms in total. The highest BCUT2D eigenvalue weighted by atomic mass is 15.3. The van der Waals surface area contributed by atoms with Crippen LogP contribution in [0.3, 0.4) is 0 Å². The number of hydrogen-bond donors (Lipinski definition) is 2. The third-order valence-corrected chi connectivity index (χ3v) is 2.76. The zero-order chi connectivity index (χ0) is 13.5. The Morgan fingerprint density at radius 1 is 1.16 bits per heavy atom. The molecule has 0 fully saturated rings. The molecule has 0 spiro atoms. The minimum Gasteiger partial charge on any atom is -0.369 e. The second-order valence-corrected chi connectivity index (χ2v) is 4.23. The molecule has 2 aromatic rings. The van der Waals surface area contributed by atoms with Gasteiger partial charge >= 0.3 is 0 Å². The number of nitrogens with zero attached hydrogens (tertiary/aromatic N) is 3. The number of nitrogens with one attached hydrogen (secondary N) is 2. The van der Waals surface area contributed by atoms with Gasteiger partial charge in [-0.2, -0.15) is 10.1 Å². The van der Waals surface area contributed by atoms with Gasteiger partial charge in [0.15, 0.2) is 5.82 Å². The first-order valence-electron chi connectivity index (χ1n) is 6.62. The molecule has 0 saturated carbocycles. The normalized spacial score (nSPS) is 10.2. The maximum Gasteiger partial charge on any atom is 0.249 e. The number of para-hydroxylation sites is 1. The van der Waals surface area contributed by atoms with Crippen LogP contribution in [0.2, 0.25) is 0 Å². The van der Waals surface area contributed by atoms with Crippen molar-refractivity contribution in [3.05, 3.63) is 36.0 Å². The molecule has 2 N–H and O–H groups in total. The van der Waals surface area contributed by atoms with Crippen LogP contribution in [0.5, 0.6) is 0 Å². The number of rotatable bonds is 6. The van der Waals surface area contributed by atoms with Crippen LogP contribution in [0.25, 0.3) is 0 Å². The van der Waals surface area contributed by atoms with Crippen molar-refractivity contribution in [2.24, 2.45) is 0 Å². The zero-order valence-electron chi connectivity index (χ0n) is 11.3. The summed E-state index contributed by atoms with van der Waals surface area (Å²) in [5, 5.41) is 14.4. The van der Waals surface area contributed by atoms with Gasteiger partial charge in [0.1, 0.15) is 0 Å². The molecule has 100 valence electrons. The third kappa shape index (κ3) is 3.64. The Labute approximate surface area is 113 Å². The maximum atomic E-state index is 4.39. The fourth-order valence-electron chi connectivity index (χ4n) is 1.77. The largest absolute Gasteiger partial charge is 0.369 e. The number of benzene rings is 1. The van der Waals surface area contributed by atoms with Crippen molar-refractivity contribution in [2.45, 2.75) is 26.7 Å². The van der Waals surface area contributed by atoms with Crippen LogP contribution in [0.1, 0.15) is 25.8 Å². The molecule has 0 amide bonds. The highest BCUT2D eigenvalue weighted by Gasteiger charge is 2.03. The summed E-state index contributed by atoms with van der Waals surface area (Å²) in [5.41, 5.74) is 2.26. The second kappa shape index (κ2) is 6.68. The molecule has 5 heteroatoms. The van der Waals surface area contributed by atoms with E-state index in [1.165, 1.54) is 5.56 Å². The topological polar surface area (TPSA) is 62.7 Å². The Hall–Kier alpha value is -2.17. The van der Waals surface area contributed by atoms with Gasteiger partial charge in [0.2, 0.25) is 5.95 Å². The summed E-state index contributed by atoms with van der Waals surface area (Å²) in [5.74, 6) is 1.26. The van der Waals surface area contributed by atoms with E-state index in [1.807, 2.05) is 18.2 Å². The minimum absolute atomic E-state index is 0.516. The average molecular weight is 257 g/mol. The van der Waals surface area contributed by atoms with Gasteiger partial charge in [0, 0.05) is 12.2 Å². The molecular weight excluding hydrogens is 238 g/mol. The molecule has 0 bridgehead atoms. The number of anilines is 3. The van der Waals surface area contributed by atoms with Gasteiger partial charge < -0.3 is 10.6 Å². The molecule has 0 atom stereocenters. The van der Waals surface area contributed by atoms with Gasteiger partial charge in [0.25, 0.3) is 0 Å². The van der Waals surface area contributed by atoms with Crippen LogP contribution >= 0.6 is 0 Å². The van der Waals surface area contributed by atoms with E-state index in [9.17, 15) is 0 Å². The Morgan fingerprint density at radius 2 is 2.00 bits per heavy atom. The molecule has 0 radical (unpaired) electrons. The van der Waals surface area contributed by atoms with E-state index in [0.717, 1.165) is 30.9 Å². The van der Waals surface area contributed by atoms with E-state index in [2.05, 4.69) is 45.7 Å². The van der Waals surface area contributed by atoms with Crippen molar-refractivity contribution in [1.29, 1.82) is 0 Å². The monoisotopic (exact) mass is 257 g/mol. The van der Waals surface area contributed by atoms with Crippen LogP contribution in [0.4, 0.5) is 17.5 Å². The summed E-state index contributed by atoms with van der Waals surface area (Å²) < 4.78 is 0. The summed E-state index contributed by atoms with van der Waals surface area (Å²) in [6.45, 7) is 5.11. The molecule has 0 aliphatic carbocycles. The standard InChI is InChI=1S/C14H19N5/c1-3-9-15-13-10-16-19-14(18-13)17-12-8-6-5-7-11(12)4-2/h5-8,10H,3-4,9H2,1-2H3,(H2,15,17,18,19). The van der Waals surface area contributed by atoms with E-state index < -0.39 is 0 Å². The molecule has 1 aromatic carbocycles. The van der Waals surface area contributed by atoms with Gasteiger partial charge in [-0.05, 0) is 24.5 Å². The van der Waals surface area contributed by atoms with Crippen LogP contribution in [0, 0.1) is 0 Å². The van der Waals surface area contributed by atoms with Crippen molar-refractivity contribution in [3.8, 4) is 0 Å². The molecule has 2 rings (SSSR count). The highest BCUT2D eigenvalue weighted by Crippen LogP contribution is 2.19. The molecule has 1 aromatic heterocycles. The first-order valence-corrected chi connectivity index (χ1v) is 6.62. The van der Waals surface area contributed by atoms with Crippen molar-refractivity contribution in [1.82, 2.24) is 15.2 Å². The summed E-state index contributed by atoms with van der Waals surface area (Å²) in [7, 11) is 0. The maximum absolute atomic E-state index is 4.39. The Morgan fingerprint density at radius 3 is 2.79 bits per heavy atom. The van der Waals surface area contributed by atoms with Gasteiger partial charge in [-0.1, -0.05) is 32.0 Å². The fourth-order valence-corrected chi connectivity index (χ4v) is 1.77. The minimum atomic E-state index is 0.516. The molecular formula is C14H19N5. The van der Waals surface area contributed by atoms with E-state index in [1.54, 1.807) is 6.20 Å². The van der Waals surface area contributed by atoms with E-state index in [-0.39, 0.29) is 0 Å². The van der Waals surface area contributed by atoms with E-state index in [4.69, 9.17) is 0 Å². The number of aryl methyl sites for hydroxylation is 1. The Balaban J connectivity index is 2.14. The Kier molecular flexibility index (Phi) is 4.66. The van der Waals surface area contributed by atoms with Gasteiger partial charge in [-0.15, -0.1) is 5.10 Å². The highest BCUT2D eigenvalue weighted by molar-refractivity contribution is 5.58. The van der Waals surface area contributed by atoms with Gasteiger partial charge in [-0.25, -0.2) is 0 Å². The van der Waals surface area contributed by atoms with Crippen molar-refractivity contribution in [3.63, 3.8) is 0 Å². The van der Waals surface area contributed by atoms with Crippen LogP contribution in [0.15, 0.2) is 30.5 Å². The SMILES string of the molecule is CCCNc1cnnc(Nc2ccccc2CC)n1. The molecule has 0 saturated heterocycles. The first-order chi connectivity index (χ1) is 9.33. The van der Waals surface area contributed by atoms with E-state index >= 15 is 0 Å². The Bertz CT molecular complexity index is 527. The van der Waals surface area contributed by atoms with Crippen LogP contribution in [-0.2, 0) is 6.42 Å². The third-order valence-electron chi connectivity index (χ3n) is 2.76. The predicted molar refractivity (Wildman–Crippen MR) is 77.7 cm³/mol.